The average Bonchev–Trinajstić information content (AvgIpc) is 3.54. The number of nitrogens with one attached hydrogen (secondary N) is 3. The summed E-state index contributed by atoms with van der Waals surface area (Å²) in [7, 11) is -3.80. The molecule has 1 saturated carbocycles. The molecular formula is C28H32N4O4S. The van der Waals surface area contributed by atoms with Crippen molar-refractivity contribution in [2.24, 2.45) is 5.41 Å². The highest BCUT2D eigenvalue weighted by Crippen LogP contribution is 2.54. The summed E-state index contributed by atoms with van der Waals surface area (Å²) in [6.07, 6.45) is 2.34. The number of nitrogens with zero attached hydrogens (tertiary/aromatic N) is 1. The van der Waals surface area contributed by atoms with Gasteiger partial charge in [-0.15, -0.1) is 0 Å². The largest absolute Gasteiger partial charge is 0.338 e. The molecule has 3 aromatic carbocycles. The second-order valence-electron chi connectivity index (χ2n) is 9.99. The summed E-state index contributed by atoms with van der Waals surface area (Å²) in [5.41, 5.74) is 1.90. The molecule has 37 heavy (non-hydrogen) atoms. The van der Waals surface area contributed by atoms with Crippen LogP contribution in [-0.4, -0.2) is 50.9 Å². The third-order valence-electron chi connectivity index (χ3n) is 7.67. The molecule has 3 N–H and O–H groups in total. The van der Waals surface area contributed by atoms with Crippen LogP contribution in [0.5, 0.6) is 0 Å². The number of fused-ring (bicyclic) bond motifs is 1. The standard InChI is InChI=1S/C28H32N4O4S/c1-3-29-27(34)32-16-14-28(15-17-32)18-25(28)31-37(35,36)24-13-12-23(21-10-6-7-11-22(21)24)30-26(33)20-9-5-4-8-19(20)2/h4-13,25,31H,3,14-18H2,1-2H3,(H,29,34)(H,30,33). The van der Waals surface area contributed by atoms with Crippen LogP contribution in [0.1, 0.15) is 42.1 Å². The van der Waals surface area contributed by atoms with Gasteiger partial charge in [0.15, 0.2) is 0 Å². The predicted octanol–water partition coefficient (Wildman–Crippen LogP) is 4.26. The van der Waals surface area contributed by atoms with Crippen LogP contribution in [-0.2, 0) is 10.0 Å². The van der Waals surface area contributed by atoms with E-state index in [4.69, 9.17) is 0 Å². The van der Waals surface area contributed by atoms with Gasteiger partial charge in [0.05, 0.1) is 4.90 Å². The number of carbonyl (C=O) groups excluding carboxylic acids is 2. The number of hydrogen-bond acceptors (Lipinski definition) is 4. The zero-order valence-electron chi connectivity index (χ0n) is 21.1. The number of hydrogen-bond donors (Lipinski definition) is 3. The van der Waals surface area contributed by atoms with Crippen molar-refractivity contribution in [3.63, 3.8) is 0 Å². The minimum Gasteiger partial charge on any atom is -0.338 e. The predicted molar refractivity (Wildman–Crippen MR) is 144 cm³/mol. The molecule has 1 saturated heterocycles. The lowest BCUT2D eigenvalue weighted by molar-refractivity contribution is 0.102. The second-order valence-corrected chi connectivity index (χ2v) is 11.7. The summed E-state index contributed by atoms with van der Waals surface area (Å²) >= 11 is 0. The van der Waals surface area contributed by atoms with Crippen LogP contribution < -0.4 is 15.4 Å². The molecule has 1 atom stereocenters. The van der Waals surface area contributed by atoms with Gasteiger partial charge in [0.2, 0.25) is 10.0 Å². The highest BCUT2D eigenvalue weighted by atomic mass is 32.2. The zero-order valence-corrected chi connectivity index (χ0v) is 21.9. The number of urea groups is 1. The average molecular weight is 521 g/mol. The molecule has 8 nitrogen and oxygen atoms in total. The third kappa shape index (κ3) is 4.93. The molecule has 3 aromatic rings. The quantitative estimate of drug-likeness (QED) is 0.451. The molecule has 9 heteroatoms. The number of rotatable bonds is 6. The van der Waals surface area contributed by atoms with Gasteiger partial charge in [0.1, 0.15) is 0 Å². The van der Waals surface area contributed by atoms with Crippen LogP contribution in [0.3, 0.4) is 0 Å². The fourth-order valence-electron chi connectivity index (χ4n) is 5.37. The van der Waals surface area contributed by atoms with E-state index in [-0.39, 0.29) is 28.3 Å². The van der Waals surface area contributed by atoms with E-state index in [1.807, 2.05) is 44.2 Å². The third-order valence-corrected chi connectivity index (χ3v) is 9.20. The molecule has 0 radical (unpaired) electrons. The Balaban J connectivity index is 1.34. The maximum atomic E-state index is 13.5. The summed E-state index contributed by atoms with van der Waals surface area (Å²) in [5, 5.41) is 6.99. The summed E-state index contributed by atoms with van der Waals surface area (Å²) in [6.45, 7) is 5.61. The molecule has 2 aliphatic rings. The molecule has 0 bridgehead atoms. The zero-order chi connectivity index (χ0) is 26.2. The molecule has 5 rings (SSSR count). The maximum absolute atomic E-state index is 13.5. The van der Waals surface area contributed by atoms with Crippen molar-refractivity contribution in [2.45, 2.75) is 44.0 Å². The lowest BCUT2D eigenvalue weighted by atomic mass is 9.93. The summed E-state index contributed by atoms with van der Waals surface area (Å²) in [5.74, 6) is -0.240. The van der Waals surface area contributed by atoms with E-state index < -0.39 is 10.0 Å². The van der Waals surface area contributed by atoms with Gasteiger partial charge in [-0.2, -0.15) is 0 Å². The van der Waals surface area contributed by atoms with E-state index in [1.165, 1.54) is 0 Å². The van der Waals surface area contributed by atoms with E-state index in [2.05, 4.69) is 15.4 Å². The number of amides is 3. The number of benzene rings is 3. The summed E-state index contributed by atoms with van der Waals surface area (Å²) in [4.78, 5) is 27.0. The normalized spacial score (nSPS) is 18.5. The van der Waals surface area contributed by atoms with Gasteiger partial charge in [-0.25, -0.2) is 17.9 Å². The molecule has 3 amide bonds. The van der Waals surface area contributed by atoms with E-state index in [9.17, 15) is 18.0 Å². The SMILES string of the molecule is CCNC(=O)N1CCC2(CC1)CC2NS(=O)(=O)c1ccc(NC(=O)c2ccccc2C)c2ccccc12. The van der Waals surface area contributed by atoms with Crippen LogP contribution in [0.25, 0.3) is 10.8 Å². The first-order valence-electron chi connectivity index (χ1n) is 12.7. The van der Waals surface area contributed by atoms with Crippen molar-refractivity contribution in [3.05, 3.63) is 71.8 Å². The van der Waals surface area contributed by atoms with Crippen molar-refractivity contribution >= 4 is 38.4 Å². The van der Waals surface area contributed by atoms with E-state index in [1.54, 1.807) is 35.2 Å². The fourth-order valence-corrected chi connectivity index (χ4v) is 6.92. The molecule has 194 valence electrons. The molecule has 1 aliphatic heterocycles. The van der Waals surface area contributed by atoms with Gasteiger partial charge in [0, 0.05) is 47.7 Å². The van der Waals surface area contributed by atoms with Gasteiger partial charge >= 0.3 is 6.03 Å². The fraction of sp³-hybridized carbons (Fsp3) is 0.357. The molecule has 1 heterocycles. The van der Waals surface area contributed by atoms with E-state index >= 15 is 0 Å². The Morgan fingerprint density at radius 1 is 0.973 bits per heavy atom. The second kappa shape index (κ2) is 9.79. The molecule has 1 unspecified atom stereocenters. The first-order chi connectivity index (χ1) is 17.7. The molecule has 1 spiro atoms. The Morgan fingerprint density at radius 2 is 1.65 bits per heavy atom. The smallest absolute Gasteiger partial charge is 0.317 e. The Morgan fingerprint density at radius 3 is 2.35 bits per heavy atom. The van der Waals surface area contributed by atoms with Crippen LogP contribution in [0, 0.1) is 12.3 Å². The van der Waals surface area contributed by atoms with Gasteiger partial charge < -0.3 is 15.5 Å². The molecule has 0 aromatic heterocycles. The highest BCUT2D eigenvalue weighted by molar-refractivity contribution is 7.89. The minimum absolute atomic E-state index is 0.0591. The van der Waals surface area contributed by atoms with Crippen molar-refractivity contribution in [1.29, 1.82) is 0 Å². The van der Waals surface area contributed by atoms with Gasteiger partial charge in [-0.1, -0.05) is 42.5 Å². The van der Waals surface area contributed by atoms with Gasteiger partial charge in [0.25, 0.3) is 5.91 Å². The lowest BCUT2D eigenvalue weighted by Gasteiger charge is -2.32. The monoisotopic (exact) mass is 520 g/mol. The van der Waals surface area contributed by atoms with Crippen molar-refractivity contribution < 1.29 is 18.0 Å². The topological polar surface area (TPSA) is 108 Å². The Hall–Kier alpha value is -3.43. The van der Waals surface area contributed by atoms with Crippen molar-refractivity contribution in [2.75, 3.05) is 25.0 Å². The number of likely N-dealkylation sites (tertiary alicyclic amines) is 1. The first-order valence-corrected chi connectivity index (χ1v) is 14.2. The Bertz CT molecular complexity index is 1460. The van der Waals surface area contributed by atoms with Gasteiger partial charge in [-0.05, 0) is 62.3 Å². The Kier molecular flexibility index (Phi) is 6.68. The van der Waals surface area contributed by atoms with Crippen LogP contribution in [0.15, 0.2) is 65.6 Å². The lowest BCUT2D eigenvalue weighted by Crippen LogP contribution is -2.46. The van der Waals surface area contributed by atoms with E-state index in [0.29, 0.717) is 41.7 Å². The van der Waals surface area contributed by atoms with E-state index in [0.717, 1.165) is 24.8 Å². The van der Waals surface area contributed by atoms with Crippen LogP contribution >= 0.6 is 0 Å². The van der Waals surface area contributed by atoms with Crippen molar-refractivity contribution in [1.82, 2.24) is 14.9 Å². The van der Waals surface area contributed by atoms with Crippen LogP contribution in [0.2, 0.25) is 0 Å². The number of aryl methyl sites for hydroxylation is 1. The Labute approximate surface area is 217 Å². The molecule has 1 aliphatic carbocycles. The number of carbonyl (C=O) groups is 2. The summed E-state index contributed by atoms with van der Waals surface area (Å²) < 4.78 is 29.9. The number of sulfonamides is 1. The van der Waals surface area contributed by atoms with Crippen molar-refractivity contribution in [3.8, 4) is 0 Å². The first kappa shape index (κ1) is 25.2. The van der Waals surface area contributed by atoms with Crippen LogP contribution in [0.4, 0.5) is 10.5 Å². The van der Waals surface area contributed by atoms with Gasteiger partial charge in [-0.3, -0.25) is 4.79 Å². The summed E-state index contributed by atoms with van der Waals surface area (Å²) in [6, 6.07) is 17.6. The number of anilines is 1. The number of piperidine rings is 1. The minimum atomic E-state index is -3.80. The molecule has 2 fully saturated rings. The maximum Gasteiger partial charge on any atom is 0.317 e. The highest BCUT2D eigenvalue weighted by Gasteiger charge is 2.56. The molecular weight excluding hydrogens is 488 g/mol.